The van der Waals surface area contributed by atoms with Crippen molar-refractivity contribution in [3.05, 3.63) is 71.8 Å². The number of hydrogen-bond donors (Lipinski definition) is 0. The van der Waals surface area contributed by atoms with Gasteiger partial charge in [0.25, 0.3) is 0 Å². The molecule has 2 rings (SSSR count). The van der Waals surface area contributed by atoms with Crippen LogP contribution in [-0.2, 0) is 10.2 Å². The van der Waals surface area contributed by atoms with Crippen LogP contribution in [0.5, 0.6) is 0 Å². The molecule has 2 aromatic carbocycles. The maximum absolute atomic E-state index is 13.5. The first-order valence-electron chi connectivity index (χ1n) is 8.83. The van der Waals surface area contributed by atoms with Crippen molar-refractivity contribution in [1.29, 1.82) is 0 Å². The van der Waals surface area contributed by atoms with Crippen LogP contribution in [0, 0.1) is 0 Å². The van der Waals surface area contributed by atoms with Gasteiger partial charge in [0.15, 0.2) is 0 Å². The Hall–Kier alpha value is -2.13. The van der Waals surface area contributed by atoms with Gasteiger partial charge in [-0.3, -0.25) is 4.79 Å². The van der Waals surface area contributed by atoms with Gasteiger partial charge in [0.05, 0.1) is 27.2 Å². The molecular formula is C22H31N2O+. The summed E-state index contributed by atoms with van der Waals surface area (Å²) in [6, 6.07) is 20.7. The molecule has 0 bridgehead atoms. The highest BCUT2D eigenvalue weighted by atomic mass is 16.2. The van der Waals surface area contributed by atoms with E-state index < -0.39 is 5.41 Å². The van der Waals surface area contributed by atoms with Crippen molar-refractivity contribution in [1.82, 2.24) is 4.90 Å². The van der Waals surface area contributed by atoms with Crippen LogP contribution in [0.15, 0.2) is 60.7 Å². The van der Waals surface area contributed by atoms with Gasteiger partial charge in [-0.25, -0.2) is 0 Å². The highest BCUT2D eigenvalue weighted by molar-refractivity contribution is 5.92. The molecule has 0 N–H and O–H groups in total. The number of amides is 1. The van der Waals surface area contributed by atoms with E-state index in [9.17, 15) is 4.79 Å². The van der Waals surface area contributed by atoms with Gasteiger partial charge in [0, 0.05) is 20.5 Å². The van der Waals surface area contributed by atoms with Crippen molar-refractivity contribution in [2.45, 2.75) is 24.8 Å². The van der Waals surface area contributed by atoms with Crippen LogP contribution >= 0.6 is 0 Å². The van der Waals surface area contributed by atoms with Gasteiger partial charge in [-0.2, -0.15) is 0 Å². The molecule has 0 aliphatic carbocycles. The van der Waals surface area contributed by atoms with Crippen molar-refractivity contribution in [2.24, 2.45) is 0 Å². The number of carbonyl (C=O) groups excluding carboxylic acids is 1. The van der Waals surface area contributed by atoms with E-state index in [2.05, 4.69) is 52.3 Å². The van der Waals surface area contributed by atoms with Crippen LogP contribution in [0.1, 0.15) is 24.5 Å². The van der Waals surface area contributed by atoms with Gasteiger partial charge in [-0.15, -0.1) is 0 Å². The fraction of sp³-hybridized carbons (Fsp3) is 0.409. The molecule has 0 saturated carbocycles. The number of nitrogens with zero attached hydrogens (tertiary/aromatic N) is 2. The highest BCUT2D eigenvalue weighted by Crippen LogP contribution is 2.39. The summed E-state index contributed by atoms with van der Waals surface area (Å²) in [5.74, 6) is 0.130. The van der Waals surface area contributed by atoms with Crippen LogP contribution in [0.4, 0.5) is 0 Å². The summed E-state index contributed by atoms with van der Waals surface area (Å²) < 4.78 is 0.808. The molecular weight excluding hydrogens is 308 g/mol. The topological polar surface area (TPSA) is 20.3 Å². The number of likely N-dealkylation sites (N-methyl/N-ethyl adjacent to an activating group) is 1. The zero-order valence-electron chi connectivity index (χ0n) is 16.4. The monoisotopic (exact) mass is 339 g/mol. The summed E-state index contributed by atoms with van der Waals surface area (Å²) in [4.78, 5) is 15.3. The Labute approximate surface area is 152 Å². The molecule has 0 saturated heterocycles. The normalized spacial score (nSPS) is 13.4. The zero-order chi connectivity index (χ0) is 18.7. The van der Waals surface area contributed by atoms with Gasteiger partial charge in [0.2, 0.25) is 5.91 Å². The minimum Gasteiger partial charge on any atom is -0.348 e. The lowest BCUT2D eigenvalue weighted by atomic mass is 9.69. The molecule has 3 heteroatoms. The van der Waals surface area contributed by atoms with Crippen molar-refractivity contribution < 1.29 is 9.28 Å². The summed E-state index contributed by atoms with van der Waals surface area (Å²) >= 11 is 0. The Balaban J connectivity index is 2.72. The van der Waals surface area contributed by atoms with Gasteiger partial charge in [-0.05, 0) is 18.1 Å². The fourth-order valence-electron chi connectivity index (χ4n) is 3.28. The molecule has 0 heterocycles. The third kappa shape index (κ3) is 3.93. The summed E-state index contributed by atoms with van der Waals surface area (Å²) in [6.45, 7) is 2.23. The Bertz CT molecular complexity index is 647. The molecule has 0 fully saturated rings. The Morgan fingerprint density at radius 2 is 1.32 bits per heavy atom. The molecule has 25 heavy (non-hydrogen) atoms. The molecule has 0 aromatic heterocycles. The summed E-state index contributed by atoms with van der Waals surface area (Å²) in [5.41, 5.74) is 1.43. The molecule has 2 aromatic rings. The summed E-state index contributed by atoms with van der Waals surface area (Å²) in [6.07, 6.45) is 0.752. The predicted molar refractivity (Wildman–Crippen MR) is 104 cm³/mol. The van der Waals surface area contributed by atoms with E-state index in [0.29, 0.717) is 6.04 Å². The van der Waals surface area contributed by atoms with Gasteiger partial charge >= 0.3 is 0 Å². The average Bonchev–Trinajstić information content (AvgIpc) is 2.59. The Morgan fingerprint density at radius 1 is 0.920 bits per heavy atom. The van der Waals surface area contributed by atoms with E-state index in [1.165, 1.54) is 0 Å². The molecule has 1 amide bonds. The van der Waals surface area contributed by atoms with Gasteiger partial charge in [0.1, 0.15) is 5.41 Å². The van der Waals surface area contributed by atoms with Crippen LogP contribution < -0.4 is 0 Å². The maximum Gasteiger partial charge on any atom is 0.237 e. The lowest BCUT2D eigenvalue weighted by Crippen LogP contribution is -2.52. The second kappa shape index (κ2) is 7.40. The molecule has 0 spiro atoms. The minimum absolute atomic E-state index is 0.130. The molecule has 3 nitrogen and oxygen atoms in total. The molecule has 0 unspecified atom stereocenters. The van der Waals surface area contributed by atoms with E-state index in [0.717, 1.165) is 22.0 Å². The zero-order valence-corrected chi connectivity index (χ0v) is 16.4. The molecule has 134 valence electrons. The van der Waals surface area contributed by atoms with Crippen molar-refractivity contribution in [2.75, 3.05) is 35.2 Å². The number of benzene rings is 2. The SMILES string of the molecule is C[C@H](CC(C(=O)N(C)C)(c1ccccc1)c1ccccc1)[N+](C)(C)C. The third-order valence-electron chi connectivity index (χ3n) is 5.23. The third-order valence-corrected chi connectivity index (χ3v) is 5.23. The lowest BCUT2D eigenvalue weighted by Gasteiger charge is -2.41. The summed E-state index contributed by atoms with van der Waals surface area (Å²) in [5, 5.41) is 0. The number of hydrogen-bond acceptors (Lipinski definition) is 1. The van der Waals surface area contributed by atoms with Crippen molar-refractivity contribution in [3.8, 4) is 0 Å². The predicted octanol–water partition coefficient (Wildman–Crippen LogP) is 3.55. The molecule has 1 atom stereocenters. The minimum atomic E-state index is -0.684. The van der Waals surface area contributed by atoms with Crippen LogP contribution in [0.25, 0.3) is 0 Å². The van der Waals surface area contributed by atoms with Crippen molar-refractivity contribution >= 4 is 5.91 Å². The van der Waals surface area contributed by atoms with E-state index in [1.807, 2.05) is 50.5 Å². The number of carbonyl (C=O) groups is 1. The second-order valence-corrected chi connectivity index (χ2v) is 8.01. The second-order valence-electron chi connectivity index (χ2n) is 8.01. The maximum atomic E-state index is 13.5. The van der Waals surface area contributed by atoms with Gasteiger partial charge < -0.3 is 9.38 Å². The first-order chi connectivity index (χ1) is 11.7. The standard InChI is InChI=1S/C22H31N2O/c1-18(24(4,5)6)17-22(21(25)23(2)3,19-13-9-7-10-14-19)20-15-11-8-12-16-20/h7-16,18H,17H2,1-6H3/q+1/t18-/m1/s1. The first kappa shape index (κ1) is 19.2. The van der Waals surface area contributed by atoms with Gasteiger partial charge in [-0.1, -0.05) is 60.7 Å². The largest absolute Gasteiger partial charge is 0.348 e. The average molecular weight is 340 g/mol. The molecule has 0 aliphatic heterocycles. The smallest absolute Gasteiger partial charge is 0.237 e. The Kier molecular flexibility index (Phi) is 5.69. The highest BCUT2D eigenvalue weighted by Gasteiger charge is 2.46. The van der Waals surface area contributed by atoms with Crippen LogP contribution in [-0.4, -0.2) is 56.6 Å². The quantitative estimate of drug-likeness (QED) is 0.737. The first-order valence-corrected chi connectivity index (χ1v) is 8.83. The van der Waals surface area contributed by atoms with Crippen LogP contribution in [0.3, 0.4) is 0 Å². The number of quaternary nitrogens is 1. The van der Waals surface area contributed by atoms with Crippen molar-refractivity contribution in [3.63, 3.8) is 0 Å². The Morgan fingerprint density at radius 3 is 1.64 bits per heavy atom. The number of rotatable bonds is 6. The summed E-state index contributed by atoms with van der Waals surface area (Å²) in [7, 11) is 10.3. The lowest BCUT2D eigenvalue weighted by molar-refractivity contribution is -0.894. The molecule has 0 radical (unpaired) electrons. The van der Waals surface area contributed by atoms with E-state index in [-0.39, 0.29) is 5.91 Å². The van der Waals surface area contributed by atoms with Crippen LogP contribution in [0.2, 0.25) is 0 Å². The van der Waals surface area contributed by atoms with E-state index in [4.69, 9.17) is 0 Å². The fourth-order valence-corrected chi connectivity index (χ4v) is 3.28. The molecule has 0 aliphatic rings. The van der Waals surface area contributed by atoms with E-state index >= 15 is 0 Å². The van der Waals surface area contributed by atoms with E-state index in [1.54, 1.807) is 4.90 Å².